The minimum atomic E-state index is -0.716. The molecule has 0 amide bonds. The Hall–Kier alpha value is -3.75. The van der Waals surface area contributed by atoms with Crippen LogP contribution in [0.5, 0.6) is 5.75 Å². The number of nitrogens with zero attached hydrogens (tertiary/aromatic N) is 3. The molecule has 2 aromatic carbocycles. The van der Waals surface area contributed by atoms with E-state index in [1.165, 1.54) is 12.1 Å². The van der Waals surface area contributed by atoms with Gasteiger partial charge in [-0.3, -0.25) is 25.7 Å². The number of anilines is 1. The summed E-state index contributed by atoms with van der Waals surface area (Å²) in [6.07, 6.45) is 1.48. The van der Waals surface area contributed by atoms with Gasteiger partial charge in [0.1, 0.15) is 11.4 Å². The van der Waals surface area contributed by atoms with Crippen molar-refractivity contribution in [1.82, 2.24) is 0 Å². The van der Waals surface area contributed by atoms with E-state index in [0.29, 0.717) is 17.0 Å². The molecule has 0 unspecified atom stereocenters. The van der Waals surface area contributed by atoms with Gasteiger partial charge in [-0.25, -0.2) is 0 Å². The molecule has 9 heteroatoms. The molecule has 0 aliphatic rings. The van der Waals surface area contributed by atoms with E-state index in [1.54, 1.807) is 31.4 Å². The van der Waals surface area contributed by atoms with E-state index < -0.39 is 15.5 Å². The lowest BCUT2D eigenvalue weighted by atomic mass is 10.1. The highest BCUT2D eigenvalue weighted by molar-refractivity contribution is 6.08. The number of allylic oxidation sites excluding steroid dienone is 1. The zero-order valence-electron chi connectivity index (χ0n) is 13.2. The molecule has 25 heavy (non-hydrogen) atoms. The van der Waals surface area contributed by atoms with Crippen LogP contribution in [0.4, 0.5) is 17.1 Å². The van der Waals surface area contributed by atoms with Crippen LogP contribution in [0.25, 0.3) is 0 Å². The fourth-order valence-corrected chi connectivity index (χ4v) is 1.99. The van der Waals surface area contributed by atoms with Crippen LogP contribution in [0.15, 0.2) is 60.2 Å². The molecule has 128 valence electrons. The number of ether oxygens (including phenoxy) is 1. The first kappa shape index (κ1) is 17.6. The van der Waals surface area contributed by atoms with Crippen molar-refractivity contribution in [2.75, 3.05) is 12.5 Å². The Morgan fingerprint density at radius 3 is 2.36 bits per heavy atom. The summed E-state index contributed by atoms with van der Waals surface area (Å²) in [5, 5.41) is 25.9. The first-order valence-electron chi connectivity index (χ1n) is 6.99. The highest BCUT2D eigenvalue weighted by Gasteiger charge is 2.19. The van der Waals surface area contributed by atoms with Gasteiger partial charge in [-0.2, -0.15) is 5.10 Å². The lowest BCUT2D eigenvalue weighted by molar-refractivity contribution is -0.393. The summed E-state index contributed by atoms with van der Waals surface area (Å²) in [6, 6.07) is 10.3. The largest absolute Gasteiger partial charge is 0.497 e. The van der Waals surface area contributed by atoms with Gasteiger partial charge in [0.2, 0.25) is 0 Å². The monoisotopic (exact) mass is 342 g/mol. The Labute approximate surface area is 142 Å². The third kappa shape index (κ3) is 4.16. The van der Waals surface area contributed by atoms with Crippen LogP contribution in [0.3, 0.4) is 0 Å². The highest BCUT2D eigenvalue weighted by atomic mass is 16.6. The number of benzene rings is 2. The average Bonchev–Trinajstić information content (AvgIpc) is 2.62. The van der Waals surface area contributed by atoms with Crippen molar-refractivity contribution >= 4 is 22.8 Å². The fraction of sp³-hybridized carbons (Fsp3) is 0.0625. The molecule has 0 saturated heterocycles. The number of nitro groups is 2. The Bertz CT molecular complexity index is 846. The molecular formula is C16H14N4O5. The summed E-state index contributed by atoms with van der Waals surface area (Å²) in [6.45, 7) is 3.66. The molecule has 0 aromatic heterocycles. The van der Waals surface area contributed by atoms with E-state index >= 15 is 0 Å². The van der Waals surface area contributed by atoms with Crippen molar-refractivity contribution in [2.24, 2.45) is 5.10 Å². The topological polar surface area (TPSA) is 120 Å². The van der Waals surface area contributed by atoms with E-state index in [2.05, 4.69) is 17.1 Å². The average molecular weight is 342 g/mol. The first-order valence-corrected chi connectivity index (χ1v) is 6.99. The van der Waals surface area contributed by atoms with Crippen molar-refractivity contribution in [1.29, 1.82) is 0 Å². The predicted molar refractivity (Wildman–Crippen MR) is 93.1 cm³/mol. The fourth-order valence-electron chi connectivity index (χ4n) is 1.99. The van der Waals surface area contributed by atoms with Gasteiger partial charge in [-0.15, -0.1) is 0 Å². The second kappa shape index (κ2) is 7.68. The van der Waals surface area contributed by atoms with Crippen molar-refractivity contribution in [3.8, 4) is 5.75 Å². The van der Waals surface area contributed by atoms with Gasteiger partial charge in [0.25, 0.3) is 5.69 Å². The van der Waals surface area contributed by atoms with Crippen LogP contribution in [-0.2, 0) is 0 Å². The molecule has 0 fully saturated rings. The standard InChI is InChI=1S/C16H14N4O5/c1-3-14(11-4-7-13(25-2)8-5-11)17-18-15-9-6-12(19(21)22)10-16(15)20(23)24/h3-10,18H,1H2,2H3/b17-14-. The lowest BCUT2D eigenvalue weighted by Crippen LogP contribution is -2.03. The molecular weight excluding hydrogens is 328 g/mol. The number of hydrogen-bond acceptors (Lipinski definition) is 7. The van der Waals surface area contributed by atoms with Crippen LogP contribution in [0.1, 0.15) is 5.56 Å². The summed E-state index contributed by atoms with van der Waals surface area (Å²) < 4.78 is 5.07. The SMILES string of the molecule is C=C/C(=N/Nc1ccc([N+](=O)[O-])cc1[N+](=O)[O-])c1ccc(OC)cc1. The minimum absolute atomic E-state index is 0.0310. The second-order valence-corrected chi connectivity index (χ2v) is 4.76. The Morgan fingerprint density at radius 2 is 1.84 bits per heavy atom. The molecule has 2 rings (SSSR count). The van der Waals surface area contributed by atoms with Gasteiger partial charge in [0.15, 0.2) is 0 Å². The van der Waals surface area contributed by atoms with Gasteiger partial charge < -0.3 is 4.74 Å². The van der Waals surface area contributed by atoms with Crippen LogP contribution in [0, 0.1) is 20.2 Å². The van der Waals surface area contributed by atoms with Crippen molar-refractivity contribution < 1.29 is 14.6 Å². The molecule has 0 bridgehead atoms. The number of hydrogen-bond donors (Lipinski definition) is 1. The number of methoxy groups -OCH3 is 1. The molecule has 9 nitrogen and oxygen atoms in total. The van der Waals surface area contributed by atoms with Crippen molar-refractivity contribution in [3.05, 3.63) is 80.9 Å². The maximum Gasteiger partial charge on any atom is 0.301 e. The minimum Gasteiger partial charge on any atom is -0.497 e. The molecule has 0 radical (unpaired) electrons. The zero-order chi connectivity index (χ0) is 18.4. The molecule has 0 saturated carbocycles. The lowest BCUT2D eigenvalue weighted by Gasteiger charge is -2.06. The number of rotatable bonds is 7. The number of nitrogens with one attached hydrogen (secondary N) is 1. The van der Waals surface area contributed by atoms with Crippen LogP contribution < -0.4 is 10.2 Å². The molecule has 2 aromatic rings. The molecule has 0 aliphatic carbocycles. The van der Waals surface area contributed by atoms with E-state index in [1.807, 2.05) is 0 Å². The van der Waals surface area contributed by atoms with E-state index in [4.69, 9.17) is 4.74 Å². The van der Waals surface area contributed by atoms with E-state index in [9.17, 15) is 20.2 Å². The van der Waals surface area contributed by atoms with Crippen molar-refractivity contribution in [3.63, 3.8) is 0 Å². The molecule has 0 atom stereocenters. The van der Waals surface area contributed by atoms with Crippen LogP contribution in [0.2, 0.25) is 0 Å². The van der Waals surface area contributed by atoms with E-state index in [0.717, 1.165) is 12.1 Å². The summed E-state index contributed by atoms with van der Waals surface area (Å²) in [5.41, 5.74) is 2.92. The number of nitro benzene ring substituents is 2. The Balaban J connectivity index is 2.33. The Kier molecular flexibility index (Phi) is 5.41. The maximum absolute atomic E-state index is 11.1. The highest BCUT2D eigenvalue weighted by Crippen LogP contribution is 2.29. The van der Waals surface area contributed by atoms with Gasteiger partial charge >= 0.3 is 5.69 Å². The normalized spacial score (nSPS) is 10.8. The third-order valence-corrected chi connectivity index (χ3v) is 3.26. The predicted octanol–water partition coefficient (Wildman–Crippen LogP) is 3.51. The molecule has 0 heterocycles. The van der Waals surface area contributed by atoms with Crippen LogP contribution in [-0.4, -0.2) is 22.7 Å². The molecule has 1 N–H and O–H groups in total. The van der Waals surface area contributed by atoms with Gasteiger partial charge in [0.05, 0.1) is 28.7 Å². The van der Waals surface area contributed by atoms with Gasteiger partial charge in [-0.05, 0) is 36.4 Å². The molecule has 0 aliphatic heterocycles. The van der Waals surface area contributed by atoms with E-state index in [-0.39, 0.29) is 11.4 Å². The van der Waals surface area contributed by atoms with Gasteiger partial charge in [0, 0.05) is 11.6 Å². The number of non-ortho nitro benzene ring substituents is 1. The summed E-state index contributed by atoms with van der Waals surface area (Å²) >= 11 is 0. The summed E-state index contributed by atoms with van der Waals surface area (Å²) in [5.74, 6) is 0.672. The first-order chi connectivity index (χ1) is 12.0. The Morgan fingerprint density at radius 1 is 1.16 bits per heavy atom. The number of hydrazone groups is 1. The zero-order valence-corrected chi connectivity index (χ0v) is 13.2. The van der Waals surface area contributed by atoms with Gasteiger partial charge in [-0.1, -0.05) is 6.58 Å². The van der Waals surface area contributed by atoms with Crippen molar-refractivity contribution in [2.45, 2.75) is 0 Å². The smallest absolute Gasteiger partial charge is 0.301 e. The maximum atomic E-state index is 11.1. The molecule has 0 spiro atoms. The quantitative estimate of drug-likeness (QED) is 0.467. The third-order valence-electron chi connectivity index (χ3n) is 3.26. The summed E-state index contributed by atoms with van der Waals surface area (Å²) in [7, 11) is 1.55. The summed E-state index contributed by atoms with van der Waals surface area (Å²) in [4.78, 5) is 20.4. The van der Waals surface area contributed by atoms with Crippen LogP contribution >= 0.6 is 0 Å². The second-order valence-electron chi connectivity index (χ2n) is 4.76.